The number of hydrogen-bond acceptors (Lipinski definition) is 1. The maximum absolute atomic E-state index is 5.29. The van der Waals surface area contributed by atoms with Gasteiger partial charge in [-0.15, -0.1) is 0 Å². The molecule has 14 heavy (non-hydrogen) atoms. The summed E-state index contributed by atoms with van der Waals surface area (Å²) in [5.41, 5.74) is 0. The third-order valence-corrected chi connectivity index (χ3v) is 3.62. The zero-order valence-electron chi connectivity index (χ0n) is 8.72. The first-order chi connectivity index (χ1) is 6.84. The molecule has 2 aliphatic rings. The first-order valence-electron chi connectivity index (χ1n) is 5.91. The van der Waals surface area contributed by atoms with E-state index in [1.165, 1.54) is 51.4 Å². The lowest BCUT2D eigenvalue weighted by Gasteiger charge is -2.30. The largest absolute Gasteiger partial charge is 0.360 e. The molecule has 0 aromatic rings. The molecule has 0 amide bonds. The Bertz CT molecular complexity index is 195. The van der Waals surface area contributed by atoms with E-state index in [1.54, 1.807) is 0 Å². The van der Waals surface area contributed by atoms with E-state index in [2.05, 4.69) is 10.6 Å². The summed E-state index contributed by atoms with van der Waals surface area (Å²) in [6.07, 6.45) is 10.7. The van der Waals surface area contributed by atoms with Crippen LogP contribution in [0.2, 0.25) is 0 Å². The third-order valence-electron chi connectivity index (χ3n) is 3.38. The van der Waals surface area contributed by atoms with Crippen LogP contribution in [0.1, 0.15) is 51.4 Å². The molecular formula is C11H20N2S. The average Bonchev–Trinajstić information content (AvgIpc) is 2.13. The second kappa shape index (κ2) is 4.96. The predicted octanol–water partition coefficient (Wildman–Crippen LogP) is 2.34. The van der Waals surface area contributed by atoms with Crippen LogP contribution in [-0.4, -0.2) is 17.2 Å². The van der Waals surface area contributed by atoms with Crippen molar-refractivity contribution in [3.8, 4) is 0 Å². The molecule has 0 atom stereocenters. The van der Waals surface area contributed by atoms with Gasteiger partial charge in [-0.1, -0.05) is 19.3 Å². The minimum absolute atomic E-state index is 0.642. The molecular weight excluding hydrogens is 192 g/mol. The minimum Gasteiger partial charge on any atom is -0.360 e. The van der Waals surface area contributed by atoms with Crippen LogP contribution in [0.4, 0.5) is 0 Å². The van der Waals surface area contributed by atoms with Gasteiger partial charge in [0.15, 0.2) is 5.11 Å². The molecule has 2 saturated carbocycles. The van der Waals surface area contributed by atoms with Crippen molar-refractivity contribution < 1.29 is 0 Å². The van der Waals surface area contributed by atoms with Gasteiger partial charge in [0.2, 0.25) is 0 Å². The van der Waals surface area contributed by atoms with Crippen molar-refractivity contribution in [2.24, 2.45) is 0 Å². The molecule has 0 aliphatic heterocycles. The monoisotopic (exact) mass is 212 g/mol. The second-order valence-electron chi connectivity index (χ2n) is 4.58. The van der Waals surface area contributed by atoms with Crippen molar-refractivity contribution in [3.63, 3.8) is 0 Å². The number of hydrogen-bond donors (Lipinski definition) is 2. The lowest BCUT2D eigenvalue weighted by molar-refractivity contribution is 0.371. The van der Waals surface area contributed by atoms with E-state index in [-0.39, 0.29) is 0 Å². The Morgan fingerprint density at radius 3 is 1.71 bits per heavy atom. The summed E-state index contributed by atoms with van der Waals surface area (Å²) in [7, 11) is 0. The highest BCUT2D eigenvalue weighted by Crippen LogP contribution is 2.19. The highest BCUT2D eigenvalue weighted by Gasteiger charge is 2.19. The smallest absolute Gasteiger partial charge is 0.166 e. The van der Waals surface area contributed by atoms with Gasteiger partial charge in [0, 0.05) is 12.1 Å². The van der Waals surface area contributed by atoms with Crippen LogP contribution < -0.4 is 10.6 Å². The van der Waals surface area contributed by atoms with Gasteiger partial charge in [-0.3, -0.25) is 0 Å². The lowest BCUT2D eigenvalue weighted by Crippen LogP contribution is -2.48. The zero-order chi connectivity index (χ0) is 9.80. The van der Waals surface area contributed by atoms with Gasteiger partial charge in [-0.05, 0) is 44.3 Å². The fraction of sp³-hybridized carbons (Fsp3) is 0.909. The Kier molecular flexibility index (Phi) is 3.62. The Morgan fingerprint density at radius 2 is 1.29 bits per heavy atom. The summed E-state index contributed by atoms with van der Waals surface area (Å²) in [6, 6.07) is 1.31. The van der Waals surface area contributed by atoms with Gasteiger partial charge in [0.25, 0.3) is 0 Å². The Hall–Kier alpha value is -0.310. The zero-order valence-corrected chi connectivity index (χ0v) is 9.54. The van der Waals surface area contributed by atoms with Crippen molar-refractivity contribution >= 4 is 17.3 Å². The van der Waals surface area contributed by atoms with Crippen LogP contribution in [0.5, 0.6) is 0 Å². The molecule has 0 aromatic carbocycles. The van der Waals surface area contributed by atoms with E-state index in [1.807, 2.05) is 0 Å². The molecule has 0 bridgehead atoms. The molecule has 0 radical (unpaired) electrons. The summed E-state index contributed by atoms with van der Waals surface area (Å²) in [5, 5.41) is 7.71. The molecule has 0 aromatic heterocycles. The molecule has 2 rings (SSSR count). The maximum atomic E-state index is 5.29. The molecule has 3 heteroatoms. The molecule has 0 heterocycles. The van der Waals surface area contributed by atoms with Crippen LogP contribution in [0.25, 0.3) is 0 Å². The summed E-state index contributed by atoms with van der Waals surface area (Å²) in [6.45, 7) is 0. The van der Waals surface area contributed by atoms with Gasteiger partial charge >= 0.3 is 0 Å². The fourth-order valence-electron chi connectivity index (χ4n) is 2.21. The predicted molar refractivity (Wildman–Crippen MR) is 63.4 cm³/mol. The van der Waals surface area contributed by atoms with Crippen LogP contribution in [-0.2, 0) is 0 Å². The van der Waals surface area contributed by atoms with E-state index in [0.717, 1.165) is 5.11 Å². The minimum atomic E-state index is 0.642. The first-order valence-corrected chi connectivity index (χ1v) is 6.32. The van der Waals surface area contributed by atoms with E-state index < -0.39 is 0 Å². The molecule has 0 saturated heterocycles. The first kappa shape index (κ1) is 10.2. The van der Waals surface area contributed by atoms with E-state index >= 15 is 0 Å². The van der Waals surface area contributed by atoms with Gasteiger partial charge in [0.1, 0.15) is 0 Å². The van der Waals surface area contributed by atoms with Crippen molar-refractivity contribution in [1.82, 2.24) is 10.6 Å². The molecule has 80 valence electrons. The maximum Gasteiger partial charge on any atom is 0.166 e. The number of nitrogens with one attached hydrogen (secondary N) is 2. The molecule has 2 aliphatic carbocycles. The SMILES string of the molecule is S=C(NC1CCCCC1)NC1CCC1. The fourth-order valence-corrected chi connectivity index (χ4v) is 2.55. The van der Waals surface area contributed by atoms with Crippen LogP contribution in [0.3, 0.4) is 0 Å². The summed E-state index contributed by atoms with van der Waals surface area (Å²) in [4.78, 5) is 0. The van der Waals surface area contributed by atoms with E-state index in [9.17, 15) is 0 Å². The van der Waals surface area contributed by atoms with Crippen LogP contribution in [0.15, 0.2) is 0 Å². The summed E-state index contributed by atoms with van der Waals surface area (Å²) < 4.78 is 0. The molecule has 2 fully saturated rings. The molecule has 0 spiro atoms. The summed E-state index contributed by atoms with van der Waals surface area (Å²) in [5.74, 6) is 0. The van der Waals surface area contributed by atoms with E-state index in [0.29, 0.717) is 12.1 Å². The van der Waals surface area contributed by atoms with Crippen molar-refractivity contribution in [2.45, 2.75) is 63.5 Å². The topological polar surface area (TPSA) is 24.1 Å². The van der Waals surface area contributed by atoms with Crippen molar-refractivity contribution in [1.29, 1.82) is 0 Å². The van der Waals surface area contributed by atoms with Crippen LogP contribution >= 0.6 is 12.2 Å². The number of rotatable bonds is 2. The Balaban J connectivity index is 1.64. The molecule has 2 N–H and O–H groups in total. The highest BCUT2D eigenvalue weighted by atomic mass is 32.1. The molecule has 2 nitrogen and oxygen atoms in total. The lowest BCUT2D eigenvalue weighted by atomic mass is 9.93. The normalized spacial score (nSPS) is 24.0. The van der Waals surface area contributed by atoms with Gasteiger partial charge < -0.3 is 10.6 Å². The standard InChI is InChI=1S/C11H20N2S/c14-11(13-10-7-4-8-10)12-9-5-2-1-3-6-9/h9-10H,1-8H2,(H2,12,13,14). The second-order valence-corrected chi connectivity index (χ2v) is 4.99. The summed E-state index contributed by atoms with van der Waals surface area (Å²) >= 11 is 5.29. The Morgan fingerprint density at radius 1 is 0.786 bits per heavy atom. The van der Waals surface area contributed by atoms with Crippen molar-refractivity contribution in [3.05, 3.63) is 0 Å². The van der Waals surface area contributed by atoms with Crippen LogP contribution in [0, 0.1) is 0 Å². The van der Waals surface area contributed by atoms with E-state index in [4.69, 9.17) is 12.2 Å². The van der Waals surface area contributed by atoms with Gasteiger partial charge in [0.05, 0.1) is 0 Å². The quantitative estimate of drug-likeness (QED) is 0.687. The Labute approximate surface area is 91.8 Å². The highest BCUT2D eigenvalue weighted by molar-refractivity contribution is 7.80. The molecule has 0 unspecified atom stereocenters. The van der Waals surface area contributed by atoms with Gasteiger partial charge in [-0.2, -0.15) is 0 Å². The third kappa shape index (κ3) is 2.84. The average molecular weight is 212 g/mol. The van der Waals surface area contributed by atoms with Crippen molar-refractivity contribution in [2.75, 3.05) is 0 Å². The van der Waals surface area contributed by atoms with Gasteiger partial charge in [-0.25, -0.2) is 0 Å². The number of thiocarbonyl (C=S) groups is 1.